The van der Waals surface area contributed by atoms with Crippen LogP contribution in [0, 0.1) is 46.5 Å². The zero-order valence-electron chi connectivity index (χ0n) is 24.6. The molecule has 5 heterocycles. The Morgan fingerprint density at radius 3 is 1.27 bits per heavy atom. The lowest BCUT2D eigenvalue weighted by atomic mass is 10.0. The molecule has 8 rings (SSSR count). The number of benzene rings is 3. The third kappa shape index (κ3) is 4.78. The molecule has 49 heavy (non-hydrogen) atoms. The highest BCUT2D eigenvalue weighted by molar-refractivity contribution is 6.00. The fraction of sp³-hybridized carbons (Fsp3) is 0. The van der Waals surface area contributed by atoms with Crippen LogP contribution in [-0.4, -0.2) is 19.9 Å². The molecule has 0 fully saturated rings. The van der Waals surface area contributed by atoms with Crippen molar-refractivity contribution >= 4 is 45.3 Å². The smallest absolute Gasteiger partial charge is 0.169 e. The maximum absolute atomic E-state index is 15.4. The molecule has 4 aromatic heterocycles. The van der Waals surface area contributed by atoms with Crippen molar-refractivity contribution in [2.24, 2.45) is 0 Å². The molecule has 7 aromatic rings. The first-order chi connectivity index (χ1) is 23.6. The van der Waals surface area contributed by atoms with Crippen LogP contribution in [-0.2, 0) is 0 Å². The van der Waals surface area contributed by atoms with Gasteiger partial charge in [-0.05, 0) is 54.1 Å². The Balaban J connectivity index is 1.60. The molecule has 12 heteroatoms. The Kier molecular flexibility index (Phi) is 6.91. The van der Waals surface area contributed by atoms with E-state index in [9.17, 15) is 17.6 Å². The highest BCUT2D eigenvalue weighted by Crippen LogP contribution is 2.39. The number of aromatic nitrogens is 4. The Labute approximate surface area is 270 Å². The number of aromatic amines is 3. The Morgan fingerprint density at radius 1 is 0.367 bits per heavy atom. The maximum atomic E-state index is 15.4. The number of nitrogens with one attached hydrogen (secondary N) is 3. The van der Waals surface area contributed by atoms with E-state index in [1.807, 2.05) is 0 Å². The van der Waals surface area contributed by atoms with Crippen LogP contribution in [0.25, 0.3) is 78.6 Å². The maximum Gasteiger partial charge on any atom is 0.169 e. The van der Waals surface area contributed by atoms with Gasteiger partial charge in [0.1, 0.15) is 0 Å². The minimum absolute atomic E-state index is 0.0296. The molecular formula is C37H18F8N4. The zero-order chi connectivity index (χ0) is 34.1. The SMILES string of the molecule is Fc1cc(F)c(F)c(-c2c3nc(c4ccc([nH]4)c(-c4c(F)c(F)cc(F)c4F)c4ccc([nH]4)c(-c4ccccc4)c4ccc2[nH]4)C=C3)c1F. The van der Waals surface area contributed by atoms with Crippen molar-refractivity contribution < 1.29 is 35.1 Å². The zero-order valence-corrected chi connectivity index (χ0v) is 24.6. The summed E-state index contributed by atoms with van der Waals surface area (Å²) in [6.07, 6.45) is 2.83. The van der Waals surface area contributed by atoms with Gasteiger partial charge in [-0.15, -0.1) is 0 Å². The molecule has 0 aliphatic carbocycles. The van der Waals surface area contributed by atoms with Gasteiger partial charge in [0, 0.05) is 56.4 Å². The number of rotatable bonds is 3. The molecule has 1 aliphatic heterocycles. The Morgan fingerprint density at radius 2 is 0.755 bits per heavy atom. The lowest BCUT2D eigenvalue weighted by molar-refractivity contribution is 0.458. The van der Waals surface area contributed by atoms with Gasteiger partial charge in [-0.25, -0.2) is 40.1 Å². The highest BCUT2D eigenvalue weighted by Gasteiger charge is 2.26. The minimum Gasteiger partial charge on any atom is -0.354 e. The average Bonchev–Trinajstić information content (AvgIpc) is 3.92. The first-order valence-electron chi connectivity index (χ1n) is 14.7. The van der Waals surface area contributed by atoms with Gasteiger partial charge in [-0.3, -0.25) is 0 Å². The fourth-order valence-electron chi connectivity index (χ4n) is 6.18. The summed E-state index contributed by atoms with van der Waals surface area (Å²) in [7, 11) is 0. The van der Waals surface area contributed by atoms with Crippen molar-refractivity contribution in [1.29, 1.82) is 0 Å². The first kappa shape index (κ1) is 30.2. The summed E-state index contributed by atoms with van der Waals surface area (Å²) in [6, 6.07) is 18.0. The van der Waals surface area contributed by atoms with Gasteiger partial charge in [-0.2, -0.15) is 0 Å². The second kappa shape index (κ2) is 11.2. The largest absolute Gasteiger partial charge is 0.354 e. The normalized spacial score (nSPS) is 12.0. The van der Waals surface area contributed by atoms with Crippen LogP contribution in [0.15, 0.2) is 78.9 Å². The molecule has 0 radical (unpaired) electrons. The molecule has 0 saturated heterocycles. The molecule has 3 N–H and O–H groups in total. The van der Waals surface area contributed by atoms with E-state index in [1.165, 1.54) is 36.4 Å². The summed E-state index contributed by atoms with van der Waals surface area (Å²) in [6.45, 7) is 0. The van der Waals surface area contributed by atoms with E-state index in [1.54, 1.807) is 42.5 Å². The van der Waals surface area contributed by atoms with Crippen molar-refractivity contribution in [2.45, 2.75) is 0 Å². The van der Waals surface area contributed by atoms with E-state index in [0.717, 1.165) is 0 Å². The quantitative estimate of drug-likeness (QED) is 0.127. The predicted molar refractivity (Wildman–Crippen MR) is 171 cm³/mol. The lowest BCUT2D eigenvalue weighted by Gasteiger charge is -2.09. The molecule has 0 atom stereocenters. The van der Waals surface area contributed by atoms with Crippen molar-refractivity contribution in [3.63, 3.8) is 0 Å². The number of fused-ring (bicyclic) bond motifs is 9. The summed E-state index contributed by atoms with van der Waals surface area (Å²) < 4.78 is 120. The number of H-pyrrole nitrogens is 3. The summed E-state index contributed by atoms with van der Waals surface area (Å²) in [5.74, 6) is -13.0. The molecule has 0 spiro atoms. The van der Waals surface area contributed by atoms with Gasteiger partial charge in [0.15, 0.2) is 46.5 Å². The van der Waals surface area contributed by atoms with Crippen LogP contribution in [0.1, 0.15) is 11.4 Å². The van der Waals surface area contributed by atoms with Crippen LogP contribution in [0.3, 0.4) is 0 Å². The first-order valence-corrected chi connectivity index (χ1v) is 14.7. The van der Waals surface area contributed by atoms with Crippen molar-refractivity contribution in [3.05, 3.63) is 137 Å². The van der Waals surface area contributed by atoms with Crippen molar-refractivity contribution in [2.75, 3.05) is 0 Å². The Bertz CT molecular complexity index is 2600. The van der Waals surface area contributed by atoms with Gasteiger partial charge in [0.05, 0.1) is 28.0 Å². The van der Waals surface area contributed by atoms with E-state index in [2.05, 4.69) is 19.9 Å². The van der Waals surface area contributed by atoms with E-state index in [-0.39, 0.29) is 56.7 Å². The lowest BCUT2D eigenvalue weighted by Crippen LogP contribution is -2.00. The number of nitrogens with zero attached hydrogens (tertiary/aromatic N) is 1. The molecule has 242 valence electrons. The summed E-state index contributed by atoms with van der Waals surface area (Å²) in [4.78, 5) is 13.7. The van der Waals surface area contributed by atoms with Gasteiger partial charge in [0.25, 0.3) is 0 Å². The minimum atomic E-state index is -1.64. The number of hydrogen-bond acceptors (Lipinski definition) is 1. The average molecular weight is 671 g/mol. The molecule has 1 aliphatic rings. The monoisotopic (exact) mass is 670 g/mol. The van der Waals surface area contributed by atoms with E-state index >= 15 is 17.6 Å². The van der Waals surface area contributed by atoms with Crippen LogP contribution in [0.2, 0.25) is 0 Å². The van der Waals surface area contributed by atoms with Crippen LogP contribution in [0.4, 0.5) is 35.1 Å². The Hall–Kier alpha value is -6.17. The van der Waals surface area contributed by atoms with E-state index < -0.39 is 57.7 Å². The molecule has 0 amide bonds. The standard InChI is InChI=1S/C37H18F8N4/c38-17-14-18(39)35(43)32(34(17)42)30-25-8-6-21(46-25)22-7-9-26(47-22)31(33-36(44)19(40)15-20(41)37(33)45)28-13-11-24(49-28)29(16-4-2-1-3-5-16)23-10-12-27(30)48-23/h1-15,46,48-49H. The third-order valence-corrected chi connectivity index (χ3v) is 8.36. The second-order valence-corrected chi connectivity index (χ2v) is 11.3. The predicted octanol–water partition coefficient (Wildman–Crippen LogP) is 10.8. The molecule has 3 aromatic carbocycles. The topological polar surface area (TPSA) is 60.3 Å². The van der Waals surface area contributed by atoms with E-state index in [0.29, 0.717) is 22.2 Å². The van der Waals surface area contributed by atoms with Crippen molar-refractivity contribution in [3.8, 4) is 33.4 Å². The number of hydrogen-bond donors (Lipinski definition) is 3. The molecule has 4 nitrogen and oxygen atoms in total. The van der Waals surface area contributed by atoms with Gasteiger partial charge < -0.3 is 15.0 Å². The molecule has 8 bridgehead atoms. The summed E-state index contributed by atoms with van der Waals surface area (Å²) in [5, 5.41) is 0. The van der Waals surface area contributed by atoms with Gasteiger partial charge in [-0.1, -0.05) is 30.3 Å². The molecule has 0 unspecified atom stereocenters. The second-order valence-electron chi connectivity index (χ2n) is 11.3. The van der Waals surface area contributed by atoms with Crippen LogP contribution >= 0.6 is 0 Å². The third-order valence-electron chi connectivity index (χ3n) is 8.36. The summed E-state index contributed by atoms with van der Waals surface area (Å²) >= 11 is 0. The fourth-order valence-corrected chi connectivity index (χ4v) is 6.18. The van der Waals surface area contributed by atoms with Crippen LogP contribution in [0.5, 0.6) is 0 Å². The summed E-state index contributed by atoms with van der Waals surface area (Å²) in [5.41, 5.74) is -0.279. The molecule has 0 saturated carbocycles. The number of halogens is 8. The van der Waals surface area contributed by atoms with Gasteiger partial charge in [0.2, 0.25) is 0 Å². The van der Waals surface area contributed by atoms with Crippen molar-refractivity contribution in [1.82, 2.24) is 19.9 Å². The highest BCUT2D eigenvalue weighted by atomic mass is 19.2. The molecular weight excluding hydrogens is 652 g/mol. The van der Waals surface area contributed by atoms with Crippen LogP contribution < -0.4 is 0 Å². The van der Waals surface area contributed by atoms with E-state index in [4.69, 9.17) is 0 Å². The van der Waals surface area contributed by atoms with Gasteiger partial charge >= 0.3 is 0 Å².